The van der Waals surface area contributed by atoms with Crippen LogP contribution in [0.25, 0.3) is 0 Å². The fourth-order valence-electron chi connectivity index (χ4n) is 1.10. The van der Waals surface area contributed by atoms with Gasteiger partial charge in [-0.15, -0.1) is 11.6 Å². The first-order chi connectivity index (χ1) is 7.34. The average Bonchev–Trinajstić information content (AvgIpc) is 2.17. The van der Waals surface area contributed by atoms with Gasteiger partial charge in [-0.2, -0.15) is 0 Å². The number of alkyl halides is 1. The van der Waals surface area contributed by atoms with E-state index in [9.17, 15) is 4.79 Å². The second-order valence-corrected chi connectivity index (χ2v) is 5.33. The second kappa shape index (κ2) is 5.07. The van der Waals surface area contributed by atoms with Crippen molar-refractivity contribution in [2.75, 3.05) is 0 Å². The van der Waals surface area contributed by atoms with Gasteiger partial charge in [-0.05, 0) is 32.9 Å². The van der Waals surface area contributed by atoms with Crippen LogP contribution in [0.3, 0.4) is 0 Å². The minimum atomic E-state index is -0.474. The Morgan fingerprint density at radius 2 is 1.94 bits per heavy atom. The maximum atomic E-state index is 11.9. The van der Waals surface area contributed by atoms with Crippen molar-refractivity contribution in [2.45, 2.75) is 31.7 Å². The number of halogens is 2. The minimum absolute atomic E-state index is 0.168. The zero-order valence-corrected chi connectivity index (χ0v) is 11.1. The summed E-state index contributed by atoms with van der Waals surface area (Å²) in [6.45, 7) is 5.59. The first kappa shape index (κ1) is 13.3. The lowest BCUT2D eigenvalue weighted by Gasteiger charge is -2.29. The first-order valence-corrected chi connectivity index (χ1v) is 5.87. The number of amides is 1. The molecule has 0 heterocycles. The van der Waals surface area contributed by atoms with E-state index in [-0.39, 0.29) is 11.3 Å². The summed E-state index contributed by atoms with van der Waals surface area (Å²) in [6.07, 6.45) is 0. The van der Waals surface area contributed by atoms with Crippen LogP contribution in [0.2, 0.25) is 5.02 Å². The Morgan fingerprint density at radius 1 is 1.38 bits per heavy atom. The van der Waals surface area contributed by atoms with E-state index >= 15 is 0 Å². The van der Waals surface area contributed by atoms with Gasteiger partial charge < -0.3 is 5.32 Å². The molecular weight excluding hydrogens is 245 g/mol. The summed E-state index contributed by atoms with van der Waals surface area (Å²) in [4.78, 5) is 11.9. The summed E-state index contributed by atoms with van der Waals surface area (Å²) in [7, 11) is 0. The molecule has 1 amide bonds. The van der Waals surface area contributed by atoms with E-state index in [1.807, 2.05) is 20.8 Å². The van der Waals surface area contributed by atoms with Gasteiger partial charge in [-0.25, -0.2) is 0 Å². The minimum Gasteiger partial charge on any atom is -0.346 e. The number of hydrogen-bond acceptors (Lipinski definition) is 1. The molecule has 1 N–H and O–H groups in total. The molecule has 1 aromatic rings. The Bertz CT molecular complexity index is 388. The van der Waals surface area contributed by atoms with E-state index in [1.165, 1.54) is 0 Å². The Hall–Kier alpha value is -0.730. The molecule has 0 saturated heterocycles. The van der Waals surface area contributed by atoms with Gasteiger partial charge in [0.2, 0.25) is 0 Å². The highest BCUT2D eigenvalue weighted by atomic mass is 35.5. The van der Waals surface area contributed by atoms with Crippen LogP contribution < -0.4 is 5.32 Å². The van der Waals surface area contributed by atoms with Crippen LogP contribution in [0, 0.1) is 0 Å². The lowest BCUT2D eigenvalue weighted by Crippen LogP contribution is -2.49. The van der Waals surface area contributed by atoms with Crippen molar-refractivity contribution in [1.29, 1.82) is 0 Å². The molecule has 1 rings (SSSR count). The lowest BCUT2D eigenvalue weighted by atomic mass is 10.0. The maximum Gasteiger partial charge on any atom is 0.253 e. The third-order valence-corrected chi connectivity index (χ3v) is 3.42. The van der Waals surface area contributed by atoms with E-state index in [4.69, 9.17) is 23.2 Å². The normalized spacial score (nSPS) is 13.3. The summed E-state index contributed by atoms with van der Waals surface area (Å²) >= 11 is 11.9. The van der Waals surface area contributed by atoms with Crippen LogP contribution in [0.4, 0.5) is 0 Å². The molecule has 0 aliphatic heterocycles. The molecule has 1 unspecified atom stereocenters. The van der Waals surface area contributed by atoms with Crippen LogP contribution in [0.5, 0.6) is 0 Å². The van der Waals surface area contributed by atoms with E-state index in [2.05, 4.69) is 5.32 Å². The van der Waals surface area contributed by atoms with Gasteiger partial charge >= 0.3 is 0 Å². The van der Waals surface area contributed by atoms with Gasteiger partial charge in [-0.1, -0.05) is 23.7 Å². The van der Waals surface area contributed by atoms with Crippen LogP contribution in [-0.2, 0) is 0 Å². The molecule has 2 nitrogen and oxygen atoms in total. The van der Waals surface area contributed by atoms with Crippen molar-refractivity contribution in [3.63, 3.8) is 0 Å². The molecule has 0 aliphatic carbocycles. The Morgan fingerprint density at radius 3 is 2.44 bits per heavy atom. The molecule has 0 spiro atoms. The predicted octanol–water partition coefficient (Wildman–Crippen LogP) is 3.48. The zero-order valence-electron chi connectivity index (χ0n) is 9.55. The molecule has 0 bridgehead atoms. The molecule has 16 heavy (non-hydrogen) atoms. The fraction of sp³-hybridized carbons (Fsp3) is 0.417. The summed E-state index contributed by atoms with van der Waals surface area (Å²) in [5.41, 5.74) is -0.00721. The Kier molecular flexibility index (Phi) is 4.22. The molecule has 0 fully saturated rings. The summed E-state index contributed by atoms with van der Waals surface area (Å²) in [5.74, 6) is -0.205. The SMILES string of the molecule is CC(Cl)C(C)(C)NC(=O)c1ccccc1Cl. The number of carbonyl (C=O) groups excluding carboxylic acids is 1. The molecule has 0 aromatic heterocycles. The zero-order chi connectivity index (χ0) is 12.3. The lowest BCUT2D eigenvalue weighted by molar-refractivity contribution is 0.0912. The summed E-state index contributed by atoms with van der Waals surface area (Å²) < 4.78 is 0. The molecular formula is C12H15Cl2NO. The van der Waals surface area contributed by atoms with Crippen molar-refractivity contribution in [3.8, 4) is 0 Å². The Labute approximate surface area is 106 Å². The largest absolute Gasteiger partial charge is 0.346 e. The van der Waals surface area contributed by atoms with Crippen LogP contribution in [0.15, 0.2) is 24.3 Å². The summed E-state index contributed by atoms with van der Waals surface area (Å²) in [5, 5.41) is 3.13. The number of hydrogen-bond donors (Lipinski definition) is 1. The average molecular weight is 260 g/mol. The second-order valence-electron chi connectivity index (χ2n) is 4.27. The fourth-order valence-corrected chi connectivity index (χ4v) is 1.38. The van der Waals surface area contributed by atoms with Crippen molar-refractivity contribution in [3.05, 3.63) is 34.9 Å². The molecule has 0 radical (unpaired) electrons. The van der Waals surface area contributed by atoms with E-state index in [0.717, 1.165) is 0 Å². The maximum absolute atomic E-state index is 11.9. The molecule has 88 valence electrons. The van der Waals surface area contributed by atoms with Gasteiger partial charge in [0.1, 0.15) is 0 Å². The van der Waals surface area contributed by atoms with Crippen molar-refractivity contribution in [2.24, 2.45) is 0 Å². The predicted molar refractivity (Wildman–Crippen MR) is 68.3 cm³/mol. The van der Waals surface area contributed by atoms with E-state index in [1.54, 1.807) is 24.3 Å². The topological polar surface area (TPSA) is 29.1 Å². The monoisotopic (exact) mass is 259 g/mol. The number of rotatable bonds is 3. The van der Waals surface area contributed by atoms with Crippen molar-refractivity contribution < 1.29 is 4.79 Å². The molecule has 1 atom stereocenters. The standard InChI is InChI=1S/C12H15Cl2NO/c1-8(13)12(2,3)15-11(16)9-6-4-5-7-10(9)14/h4-8H,1-3H3,(H,15,16). The number of nitrogens with one attached hydrogen (secondary N) is 1. The van der Waals surface area contributed by atoms with E-state index in [0.29, 0.717) is 10.6 Å². The first-order valence-electron chi connectivity index (χ1n) is 5.05. The van der Waals surface area contributed by atoms with Gasteiger partial charge in [0, 0.05) is 0 Å². The highest BCUT2D eigenvalue weighted by molar-refractivity contribution is 6.33. The highest BCUT2D eigenvalue weighted by Crippen LogP contribution is 2.19. The van der Waals surface area contributed by atoms with Crippen molar-refractivity contribution >= 4 is 29.1 Å². The van der Waals surface area contributed by atoms with Crippen LogP contribution in [0.1, 0.15) is 31.1 Å². The third-order valence-electron chi connectivity index (χ3n) is 2.55. The highest BCUT2D eigenvalue weighted by Gasteiger charge is 2.27. The molecule has 0 aliphatic rings. The van der Waals surface area contributed by atoms with Crippen LogP contribution in [-0.4, -0.2) is 16.8 Å². The number of carbonyl (C=O) groups is 1. The van der Waals surface area contributed by atoms with Crippen molar-refractivity contribution in [1.82, 2.24) is 5.32 Å². The summed E-state index contributed by atoms with van der Waals surface area (Å²) in [6, 6.07) is 6.94. The van der Waals surface area contributed by atoms with Gasteiger partial charge in [0.05, 0.1) is 21.5 Å². The quantitative estimate of drug-likeness (QED) is 0.828. The molecule has 1 aromatic carbocycles. The van der Waals surface area contributed by atoms with Gasteiger partial charge in [0.15, 0.2) is 0 Å². The molecule has 4 heteroatoms. The third kappa shape index (κ3) is 3.13. The smallest absolute Gasteiger partial charge is 0.253 e. The van der Waals surface area contributed by atoms with Gasteiger partial charge in [-0.3, -0.25) is 4.79 Å². The van der Waals surface area contributed by atoms with Crippen LogP contribution >= 0.6 is 23.2 Å². The number of benzene rings is 1. The van der Waals surface area contributed by atoms with E-state index < -0.39 is 5.54 Å². The van der Waals surface area contributed by atoms with Gasteiger partial charge in [0.25, 0.3) is 5.91 Å². The Balaban J connectivity index is 2.85. The molecule has 0 saturated carbocycles.